The van der Waals surface area contributed by atoms with Gasteiger partial charge in [-0.05, 0) is 83.6 Å². The Kier molecular flexibility index (Phi) is 9.19. The fraction of sp³-hybridized carbons (Fsp3) is 0.257. The first kappa shape index (κ1) is 27.2. The van der Waals surface area contributed by atoms with Gasteiger partial charge in [0, 0.05) is 39.4 Å². The molecule has 3 nitrogen and oxygen atoms in total. The quantitative estimate of drug-likeness (QED) is 0.192. The molecule has 1 fully saturated rings. The zero-order chi connectivity index (χ0) is 27.4. The minimum Gasteiger partial charge on any atom is -0.507 e. The van der Waals surface area contributed by atoms with E-state index in [1.165, 1.54) is 30.2 Å². The molecule has 4 heteroatoms. The van der Waals surface area contributed by atoms with Crippen LogP contribution in [0.15, 0.2) is 85.2 Å². The number of pyridine rings is 2. The van der Waals surface area contributed by atoms with E-state index in [1.807, 2.05) is 37.4 Å². The number of rotatable bonds is 3. The second-order valence-corrected chi connectivity index (χ2v) is 10.2. The average Bonchev–Trinajstić information content (AvgIpc) is 2.93. The van der Waals surface area contributed by atoms with Crippen molar-refractivity contribution in [3.63, 3.8) is 0 Å². The van der Waals surface area contributed by atoms with Gasteiger partial charge in [-0.3, -0.25) is 4.98 Å². The van der Waals surface area contributed by atoms with Gasteiger partial charge in [-0.1, -0.05) is 63.4 Å². The van der Waals surface area contributed by atoms with Gasteiger partial charge >= 0.3 is 0 Å². The van der Waals surface area contributed by atoms with Crippen molar-refractivity contribution in [2.45, 2.75) is 58.8 Å². The molecule has 39 heavy (non-hydrogen) atoms. The number of fused-ring (bicyclic) bond motifs is 1. The van der Waals surface area contributed by atoms with Gasteiger partial charge in [0.05, 0.1) is 5.69 Å². The minimum absolute atomic E-state index is 0. The fourth-order valence-electron chi connectivity index (χ4n) is 5.28. The SMILES string of the molecule is Cc1ccnc(-c2ccccc2O)c1.[2H]C1(c2ccc3c(-c4[c-]c(C)cc(C)c4)nccc3c2)CCCCC1.[Ir]. The molecule has 0 bridgehead atoms. The van der Waals surface area contributed by atoms with Crippen molar-refractivity contribution in [2.24, 2.45) is 0 Å². The molecule has 2 aromatic heterocycles. The first-order valence-corrected chi connectivity index (χ1v) is 13.4. The van der Waals surface area contributed by atoms with Crippen LogP contribution >= 0.6 is 0 Å². The van der Waals surface area contributed by atoms with E-state index in [9.17, 15) is 5.11 Å². The number of para-hydroxylation sites is 1. The van der Waals surface area contributed by atoms with Gasteiger partial charge in [-0.25, -0.2) is 0 Å². The van der Waals surface area contributed by atoms with E-state index in [4.69, 9.17) is 1.37 Å². The molecular weight excluding hydrogens is 657 g/mol. The number of aryl methyl sites for hydroxylation is 3. The Morgan fingerprint density at radius 1 is 0.821 bits per heavy atom. The Labute approximate surface area is 247 Å². The van der Waals surface area contributed by atoms with Gasteiger partial charge in [-0.15, -0.1) is 34.9 Å². The molecule has 1 saturated carbocycles. The number of aromatic nitrogens is 2. The summed E-state index contributed by atoms with van der Waals surface area (Å²) in [6, 6.07) is 27.4. The monoisotopic (exact) mass is 693 g/mol. The summed E-state index contributed by atoms with van der Waals surface area (Å²) in [6.45, 7) is 6.19. The fourth-order valence-corrected chi connectivity index (χ4v) is 5.28. The van der Waals surface area contributed by atoms with Crippen molar-refractivity contribution >= 4 is 10.8 Å². The maximum atomic E-state index is 9.61. The standard InChI is InChI=1S/C23H24N.C12H11NO.Ir/c1-16-12-17(2)14-21(13-16)23-22-9-8-19(15-20(22)10-11-24-23)18-6-4-3-5-7-18;1-9-6-7-13-11(8-9)10-4-2-3-5-12(10)14;/h8-13,15,18H,3-7H2,1-2H3;2-8,14H,1H3;/q-1;;/i18D;;. The number of benzene rings is 3. The Hall–Kier alpha value is -3.33. The van der Waals surface area contributed by atoms with Crippen LogP contribution in [0.25, 0.3) is 33.3 Å². The van der Waals surface area contributed by atoms with Crippen molar-refractivity contribution in [1.82, 2.24) is 9.97 Å². The molecule has 0 saturated heterocycles. The third-order valence-corrected chi connectivity index (χ3v) is 7.13. The van der Waals surface area contributed by atoms with E-state index in [0.29, 0.717) is 0 Å². The maximum Gasteiger partial charge on any atom is 0.124 e. The molecule has 3 aromatic carbocycles. The molecule has 2 heterocycles. The van der Waals surface area contributed by atoms with Crippen LogP contribution in [0.2, 0.25) is 0 Å². The summed E-state index contributed by atoms with van der Waals surface area (Å²) >= 11 is 0. The molecule has 0 spiro atoms. The summed E-state index contributed by atoms with van der Waals surface area (Å²) in [6.07, 6.45) is 9.18. The van der Waals surface area contributed by atoms with Crippen LogP contribution in [-0.4, -0.2) is 15.1 Å². The molecule has 1 aliphatic carbocycles. The first-order valence-electron chi connectivity index (χ1n) is 13.9. The van der Waals surface area contributed by atoms with Crippen molar-refractivity contribution in [1.29, 1.82) is 0 Å². The Bertz CT molecular complexity index is 1590. The van der Waals surface area contributed by atoms with Gasteiger partial charge < -0.3 is 10.1 Å². The molecule has 5 aromatic rings. The predicted molar refractivity (Wildman–Crippen MR) is 157 cm³/mol. The Morgan fingerprint density at radius 3 is 2.33 bits per heavy atom. The number of phenols is 1. The molecule has 1 aliphatic rings. The van der Waals surface area contributed by atoms with E-state index >= 15 is 0 Å². The summed E-state index contributed by atoms with van der Waals surface area (Å²) in [5, 5.41) is 11.9. The smallest absolute Gasteiger partial charge is 0.124 e. The van der Waals surface area contributed by atoms with E-state index in [2.05, 4.69) is 66.3 Å². The maximum absolute atomic E-state index is 9.61. The molecule has 0 atom stereocenters. The van der Waals surface area contributed by atoms with Crippen LogP contribution in [-0.2, 0) is 20.1 Å². The Balaban J connectivity index is 0.000000210. The normalized spacial score (nSPS) is 14.5. The molecule has 1 N–H and O–H groups in total. The number of hydrogen-bond acceptors (Lipinski definition) is 3. The summed E-state index contributed by atoms with van der Waals surface area (Å²) in [4.78, 5) is 8.85. The van der Waals surface area contributed by atoms with Gasteiger partial charge in [0.15, 0.2) is 0 Å². The largest absolute Gasteiger partial charge is 0.507 e. The predicted octanol–water partition coefficient (Wildman–Crippen LogP) is 9.13. The van der Waals surface area contributed by atoms with E-state index in [-0.39, 0.29) is 25.9 Å². The average molecular weight is 693 g/mol. The van der Waals surface area contributed by atoms with Crippen LogP contribution in [0.3, 0.4) is 0 Å². The van der Waals surface area contributed by atoms with Crippen molar-refractivity contribution in [2.75, 3.05) is 0 Å². The van der Waals surface area contributed by atoms with E-state index < -0.39 is 5.89 Å². The van der Waals surface area contributed by atoms with Gasteiger partial charge in [0.25, 0.3) is 0 Å². The molecular formula is C35H35IrN2O-. The molecule has 0 aliphatic heterocycles. The second kappa shape index (κ2) is 13.2. The minimum atomic E-state index is -0.415. The number of hydrogen-bond donors (Lipinski definition) is 1. The molecule has 0 unspecified atom stereocenters. The zero-order valence-corrected chi connectivity index (χ0v) is 25.2. The van der Waals surface area contributed by atoms with Crippen molar-refractivity contribution in [3.8, 4) is 28.3 Å². The summed E-state index contributed by atoms with van der Waals surface area (Å²) < 4.78 is 8.89. The number of phenolic OH excluding ortho intramolecular Hbond substituents is 1. The topological polar surface area (TPSA) is 46.0 Å². The number of aromatic hydroxyl groups is 1. The van der Waals surface area contributed by atoms with Gasteiger partial charge in [-0.2, -0.15) is 0 Å². The zero-order valence-electron chi connectivity index (χ0n) is 23.8. The summed E-state index contributed by atoms with van der Waals surface area (Å²) in [7, 11) is 0. The van der Waals surface area contributed by atoms with Crippen LogP contribution in [0.5, 0.6) is 5.75 Å². The first-order chi connectivity index (χ1) is 18.8. The second-order valence-electron chi connectivity index (χ2n) is 10.2. The molecule has 0 amide bonds. The van der Waals surface area contributed by atoms with Crippen LogP contribution in [0.4, 0.5) is 0 Å². The van der Waals surface area contributed by atoms with Crippen LogP contribution in [0, 0.1) is 26.8 Å². The van der Waals surface area contributed by atoms with Gasteiger partial charge in [0.2, 0.25) is 0 Å². The van der Waals surface area contributed by atoms with Crippen LogP contribution in [0.1, 0.15) is 61.6 Å². The molecule has 201 valence electrons. The van der Waals surface area contributed by atoms with E-state index in [1.54, 1.807) is 18.3 Å². The Morgan fingerprint density at radius 2 is 1.59 bits per heavy atom. The molecule has 6 rings (SSSR count). The van der Waals surface area contributed by atoms with Crippen molar-refractivity contribution in [3.05, 3.63) is 114 Å². The number of nitrogens with zero attached hydrogens (tertiary/aromatic N) is 2. The summed E-state index contributed by atoms with van der Waals surface area (Å²) in [5.74, 6) is -0.146. The third kappa shape index (κ3) is 7.01. The molecule has 1 radical (unpaired) electrons. The summed E-state index contributed by atoms with van der Waals surface area (Å²) in [5.41, 5.74) is 8.28. The van der Waals surface area contributed by atoms with E-state index in [0.717, 1.165) is 57.4 Å². The third-order valence-electron chi connectivity index (χ3n) is 7.13. The van der Waals surface area contributed by atoms with Crippen molar-refractivity contribution < 1.29 is 26.6 Å². The van der Waals surface area contributed by atoms with Gasteiger partial charge in [0.1, 0.15) is 5.75 Å². The van der Waals surface area contributed by atoms with Crippen LogP contribution < -0.4 is 0 Å².